The van der Waals surface area contributed by atoms with E-state index in [1.54, 1.807) is 0 Å². The SMILES string of the molecule is CC(Nc1ncnc2c1ncn2[C@@H]1O[C@H](CO)[C@H](O)C1O)c1ccc(N)cc1. The molecule has 4 rings (SSSR count). The number of aromatic nitrogens is 4. The second-order valence-corrected chi connectivity index (χ2v) is 6.81. The number of nitrogens with one attached hydrogen (secondary N) is 1. The molecule has 2 unspecified atom stereocenters. The summed E-state index contributed by atoms with van der Waals surface area (Å²) in [7, 11) is 0. The highest BCUT2D eigenvalue weighted by molar-refractivity contribution is 5.83. The average Bonchev–Trinajstić information content (AvgIpc) is 3.24. The van der Waals surface area contributed by atoms with Crippen LogP contribution in [0.2, 0.25) is 0 Å². The molecule has 1 aromatic carbocycles. The molecule has 28 heavy (non-hydrogen) atoms. The van der Waals surface area contributed by atoms with Gasteiger partial charge in [-0.25, -0.2) is 15.0 Å². The third kappa shape index (κ3) is 3.16. The summed E-state index contributed by atoms with van der Waals surface area (Å²) in [5.74, 6) is 0.528. The zero-order valence-electron chi connectivity index (χ0n) is 15.2. The van der Waals surface area contributed by atoms with E-state index in [-0.39, 0.29) is 6.04 Å². The number of ether oxygens (including phenoxy) is 1. The number of imidazole rings is 1. The number of anilines is 2. The molecular weight excluding hydrogens is 364 g/mol. The minimum absolute atomic E-state index is 0.0576. The molecule has 1 fully saturated rings. The van der Waals surface area contributed by atoms with Gasteiger partial charge in [0.15, 0.2) is 23.2 Å². The lowest BCUT2D eigenvalue weighted by Gasteiger charge is -2.17. The Morgan fingerprint density at radius 3 is 2.61 bits per heavy atom. The first-order valence-corrected chi connectivity index (χ1v) is 8.91. The molecule has 1 aliphatic rings. The first-order valence-electron chi connectivity index (χ1n) is 8.91. The number of aliphatic hydroxyl groups is 3. The van der Waals surface area contributed by atoms with Crippen LogP contribution in [0, 0.1) is 0 Å². The highest BCUT2D eigenvalue weighted by Gasteiger charge is 2.44. The van der Waals surface area contributed by atoms with Crippen LogP contribution >= 0.6 is 0 Å². The average molecular weight is 386 g/mol. The van der Waals surface area contributed by atoms with E-state index in [4.69, 9.17) is 10.5 Å². The Hall–Kier alpha value is -2.79. The smallest absolute Gasteiger partial charge is 0.167 e. The Balaban J connectivity index is 1.63. The first-order chi connectivity index (χ1) is 13.5. The van der Waals surface area contributed by atoms with Gasteiger partial charge >= 0.3 is 0 Å². The maximum atomic E-state index is 10.3. The van der Waals surface area contributed by atoms with Crippen molar-refractivity contribution in [3.63, 3.8) is 0 Å². The van der Waals surface area contributed by atoms with Gasteiger partial charge in [0, 0.05) is 5.69 Å². The highest BCUT2D eigenvalue weighted by atomic mass is 16.6. The Labute approximate surface area is 160 Å². The molecule has 3 aromatic rings. The maximum absolute atomic E-state index is 10.3. The lowest BCUT2D eigenvalue weighted by atomic mass is 10.1. The molecule has 5 atom stereocenters. The molecule has 0 bridgehead atoms. The Kier molecular flexibility index (Phi) is 4.85. The van der Waals surface area contributed by atoms with E-state index in [0.717, 1.165) is 5.56 Å². The summed E-state index contributed by atoms with van der Waals surface area (Å²) in [6, 6.07) is 7.48. The van der Waals surface area contributed by atoms with Crippen molar-refractivity contribution in [1.29, 1.82) is 0 Å². The summed E-state index contributed by atoms with van der Waals surface area (Å²) in [5.41, 5.74) is 8.41. The number of fused-ring (bicyclic) bond motifs is 1. The quantitative estimate of drug-likeness (QED) is 0.387. The predicted molar refractivity (Wildman–Crippen MR) is 101 cm³/mol. The van der Waals surface area contributed by atoms with Crippen LogP contribution in [0.1, 0.15) is 24.8 Å². The summed E-state index contributed by atoms with van der Waals surface area (Å²) < 4.78 is 7.10. The van der Waals surface area contributed by atoms with Crippen LogP contribution in [0.4, 0.5) is 11.5 Å². The number of nitrogens with zero attached hydrogens (tertiary/aromatic N) is 4. The highest BCUT2D eigenvalue weighted by Crippen LogP contribution is 2.32. The van der Waals surface area contributed by atoms with Crippen molar-refractivity contribution < 1.29 is 20.1 Å². The molecule has 1 aliphatic heterocycles. The summed E-state index contributed by atoms with van der Waals surface area (Å²) in [6.07, 6.45) is -1.33. The molecule has 148 valence electrons. The fourth-order valence-corrected chi connectivity index (χ4v) is 3.33. The normalized spacial score (nSPS) is 25.9. The van der Waals surface area contributed by atoms with Gasteiger partial charge in [-0.15, -0.1) is 0 Å². The molecule has 0 aliphatic carbocycles. The van der Waals surface area contributed by atoms with Gasteiger partial charge in [-0.2, -0.15) is 0 Å². The molecule has 10 heteroatoms. The number of benzene rings is 1. The van der Waals surface area contributed by atoms with Crippen molar-refractivity contribution in [2.24, 2.45) is 0 Å². The molecule has 3 heterocycles. The minimum Gasteiger partial charge on any atom is -0.399 e. The van der Waals surface area contributed by atoms with Crippen molar-refractivity contribution in [3.05, 3.63) is 42.5 Å². The lowest BCUT2D eigenvalue weighted by molar-refractivity contribution is -0.0511. The molecule has 0 spiro atoms. The third-order valence-electron chi connectivity index (χ3n) is 4.94. The first kappa shape index (κ1) is 18.6. The summed E-state index contributed by atoms with van der Waals surface area (Å²) in [6.45, 7) is 1.59. The van der Waals surface area contributed by atoms with Gasteiger partial charge < -0.3 is 31.1 Å². The van der Waals surface area contributed by atoms with Crippen LogP contribution in [-0.4, -0.2) is 59.8 Å². The van der Waals surface area contributed by atoms with Gasteiger partial charge in [0.1, 0.15) is 24.6 Å². The largest absolute Gasteiger partial charge is 0.399 e. The molecule has 10 nitrogen and oxygen atoms in total. The van der Waals surface area contributed by atoms with E-state index in [1.165, 1.54) is 17.2 Å². The van der Waals surface area contributed by atoms with Crippen molar-refractivity contribution in [1.82, 2.24) is 19.5 Å². The zero-order valence-corrected chi connectivity index (χ0v) is 15.2. The van der Waals surface area contributed by atoms with Gasteiger partial charge in [0.25, 0.3) is 0 Å². The third-order valence-corrected chi connectivity index (χ3v) is 4.94. The van der Waals surface area contributed by atoms with Crippen molar-refractivity contribution in [2.45, 2.75) is 37.5 Å². The van der Waals surface area contributed by atoms with Crippen LogP contribution < -0.4 is 11.1 Å². The maximum Gasteiger partial charge on any atom is 0.167 e. The number of rotatable bonds is 5. The fourth-order valence-electron chi connectivity index (χ4n) is 3.33. The Bertz CT molecular complexity index is 962. The molecule has 0 radical (unpaired) electrons. The van der Waals surface area contributed by atoms with Crippen LogP contribution in [0.3, 0.4) is 0 Å². The second kappa shape index (κ2) is 7.32. The molecule has 0 saturated carbocycles. The number of hydrogen-bond acceptors (Lipinski definition) is 9. The van der Waals surface area contributed by atoms with Gasteiger partial charge in [-0.3, -0.25) is 4.57 Å². The monoisotopic (exact) mass is 386 g/mol. The summed E-state index contributed by atoms with van der Waals surface area (Å²) in [4.78, 5) is 12.9. The van der Waals surface area contributed by atoms with E-state index < -0.39 is 31.1 Å². The number of hydrogen-bond donors (Lipinski definition) is 5. The van der Waals surface area contributed by atoms with Crippen LogP contribution in [0.5, 0.6) is 0 Å². The van der Waals surface area contributed by atoms with Crippen molar-refractivity contribution in [3.8, 4) is 0 Å². The molecule has 6 N–H and O–H groups in total. The zero-order chi connectivity index (χ0) is 19.8. The number of nitrogens with two attached hydrogens (primary N) is 1. The van der Waals surface area contributed by atoms with E-state index in [2.05, 4.69) is 20.3 Å². The van der Waals surface area contributed by atoms with Crippen molar-refractivity contribution >= 4 is 22.7 Å². The second-order valence-electron chi connectivity index (χ2n) is 6.81. The van der Waals surface area contributed by atoms with E-state index >= 15 is 0 Å². The molecular formula is C18H22N6O4. The molecule has 1 saturated heterocycles. The molecule has 0 amide bonds. The summed E-state index contributed by atoms with van der Waals surface area (Å²) >= 11 is 0. The van der Waals surface area contributed by atoms with Gasteiger partial charge in [-0.1, -0.05) is 12.1 Å². The fraction of sp³-hybridized carbons (Fsp3) is 0.389. The number of aliphatic hydroxyl groups excluding tert-OH is 3. The van der Waals surface area contributed by atoms with Crippen LogP contribution in [0.15, 0.2) is 36.9 Å². The van der Waals surface area contributed by atoms with E-state index in [9.17, 15) is 15.3 Å². The number of nitrogen functional groups attached to an aromatic ring is 1. The minimum atomic E-state index is -1.21. The standard InChI is InChI=1S/C18H22N6O4/c1-9(10-2-4-11(19)5-3-10)23-16-13-17(21-7-20-16)24(8-22-13)18-15(27)14(26)12(6-25)28-18/h2-5,7-9,12,14-15,18,25-27H,6,19H2,1H3,(H,20,21,23)/t9?,12-,14+,15?,18-/m1/s1. The van der Waals surface area contributed by atoms with Crippen LogP contribution in [-0.2, 0) is 4.74 Å². The topological polar surface area (TPSA) is 152 Å². The van der Waals surface area contributed by atoms with Gasteiger partial charge in [0.2, 0.25) is 0 Å². The summed E-state index contributed by atoms with van der Waals surface area (Å²) in [5, 5.41) is 32.9. The van der Waals surface area contributed by atoms with Gasteiger partial charge in [-0.05, 0) is 24.6 Å². The van der Waals surface area contributed by atoms with E-state index in [0.29, 0.717) is 22.7 Å². The Morgan fingerprint density at radius 2 is 1.93 bits per heavy atom. The van der Waals surface area contributed by atoms with Gasteiger partial charge in [0.05, 0.1) is 19.0 Å². The predicted octanol–water partition coefficient (Wildman–Crippen LogP) is 0.193. The van der Waals surface area contributed by atoms with Crippen LogP contribution in [0.25, 0.3) is 11.2 Å². The molecule has 2 aromatic heterocycles. The van der Waals surface area contributed by atoms with E-state index in [1.807, 2.05) is 31.2 Å². The van der Waals surface area contributed by atoms with Crippen molar-refractivity contribution in [2.75, 3.05) is 17.7 Å². The Morgan fingerprint density at radius 1 is 1.18 bits per heavy atom. The lowest BCUT2D eigenvalue weighted by Crippen LogP contribution is -2.33.